The Morgan fingerprint density at radius 2 is 1.62 bits per heavy atom. The first kappa shape index (κ1) is 20.5. The van der Waals surface area contributed by atoms with Crippen LogP contribution in [0.25, 0.3) is 0 Å². The fourth-order valence-corrected chi connectivity index (χ4v) is 1.52. The summed E-state index contributed by atoms with van der Waals surface area (Å²) in [4.78, 5) is 11.8. The van der Waals surface area contributed by atoms with E-state index in [9.17, 15) is 4.79 Å². The molecule has 0 amide bonds. The Labute approximate surface area is 146 Å². The van der Waals surface area contributed by atoms with Crippen molar-refractivity contribution in [1.29, 1.82) is 0 Å². The summed E-state index contributed by atoms with van der Waals surface area (Å²) in [5, 5.41) is 0.414. The Kier molecular flexibility index (Phi) is 10.0. The lowest BCUT2D eigenvalue weighted by molar-refractivity contribution is 0.0372. The van der Waals surface area contributed by atoms with E-state index in [1.807, 2.05) is 13.8 Å². The summed E-state index contributed by atoms with van der Waals surface area (Å²) < 4.78 is 11.5. The van der Waals surface area contributed by atoms with Crippen molar-refractivity contribution in [2.75, 3.05) is 0 Å². The van der Waals surface area contributed by atoms with Crippen molar-refractivity contribution in [2.24, 2.45) is 0 Å². The Hall–Kier alpha value is -0.490. The van der Waals surface area contributed by atoms with Gasteiger partial charge in [0.15, 0.2) is 5.75 Å². The van der Waals surface area contributed by atoms with Gasteiger partial charge >= 0.3 is 5.97 Å². The zero-order valence-corrected chi connectivity index (χ0v) is 16.4. The van der Waals surface area contributed by atoms with Crippen LogP contribution in [0.1, 0.15) is 51.9 Å². The Morgan fingerprint density at radius 3 is 2.05 bits per heavy atom. The quantitative estimate of drug-likeness (QED) is 0.361. The molecule has 0 bridgehead atoms. The van der Waals surface area contributed by atoms with Crippen LogP contribution in [-0.4, -0.2) is 22.1 Å². The Morgan fingerprint density at radius 1 is 1.10 bits per heavy atom. The van der Waals surface area contributed by atoms with Gasteiger partial charge in [-0.05, 0) is 39.8 Å². The van der Waals surface area contributed by atoms with Crippen LogP contribution in [0, 0.1) is 0 Å². The summed E-state index contributed by atoms with van der Waals surface area (Å²) in [6.45, 7) is 11.7. The number of carbonyl (C=O) groups excluding carboxylic acids is 1. The Balaban J connectivity index is 0.000000885. The molecule has 21 heavy (non-hydrogen) atoms. The van der Waals surface area contributed by atoms with Crippen LogP contribution in [0.5, 0.6) is 5.75 Å². The number of carbonyl (C=O) groups is 1. The van der Waals surface area contributed by atoms with Crippen molar-refractivity contribution in [3.05, 3.63) is 28.8 Å². The second kappa shape index (κ2) is 10.3. The molecular formula is C16H24ClIO3. The summed E-state index contributed by atoms with van der Waals surface area (Å²) in [5.41, 5.74) is 0.361. The van der Waals surface area contributed by atoms with Gasteiger partial charge in [0.25, 0.3) is 0 Å². The molecule has 1 aromatic carbocycles. The van der Waals surface area contributed by atoms with Crippen molar-refractivity contribution >= 4 is 40.2 Å². The van der Waals surface area contributed by atoms with Crippen LogP contribution >= 0.6 is 34.2 Å². The molecule has 0 saturated carbocycles. The van der Waals surface area contributed by atoms with Crippen molar-refractivity contribution in [3.8, 4) is 5.75 Å². The molecule has 0 N–H and O–H groups in total. The SMILES string of the molecule is CC(C)I.CC(C)OC(=O)c1cccc(Cl)c1OC(C)C. The summed E-state index contributed by atoms with van der Waals surface area (Å²) in [6.07, 6.45) is -0.228. The van der Waals surface area contributed by atoms with E-state index in [1.54, 1.807) is 32.0 Å². The maximum atomic E-state index is 11.8. The van der Waals surface area contributed by atoms with Crippen molar-refractivity contribution in [1.82, 2.24) is 0 Å². The molecule has 3 nitrogen and oxygen atoms in total. The molecule has 0 unspecified atom stereocenters. The van der Waals surface area contributed by atoms with Gasteiger partial charge in [0.05, 0.1) is 17.2 Å². The molecule has 0 saturated heterocycles. The fraction of sp³-hybridized carbons (Fsp3) is 0.562. The predicted molar refractivity (Wildman–Crippen MR) is 96.9 cm³/mol. The van der Waals surface area contributed by atoms with Gasteiger partial charge in [0, 0.05) is 3.92 Å². The number of halogens is 2. The largest absolute Gasteiger partial charge is 0.489 e. The summed E-state index contributed by atoms with van der Waals surface area (Å²) in [7, 11) is 0. The number of ether oxygens (including phenoxy) is 2. The minimum atomic E-state index is -0.418. The lowest BCUT2D eigenvalue weighted by Gasteiger charge is -2.16. The zero-order chi connectivity index (χ0) is 16.6. The normalized spacial score (nSPS) is 10.4. The average molecular weight is 427 g/mol. The van der Waals surface area contributed by atoms with Gasteiger partial charge in [0.1, 0.15) is 5.56 Å². The number of rotatable bonds is 4. The van der Waals surface area contributed by atoms with E-state index in [0.29, 0.717) is 16.3 Å². The molecule has 0 aliphatic rings. The molecular weight excluding hydrogens is 403 g/mol. The van der Waals surface area contributed by atoms with Gasteiger partial charge in [-0.25, -0.2) is 4.79 Å². The fourth-order valence-electron chi connectivity index (χ4n) is 1.30. The van der Waals surface area contributed by atoms with Gasteiger partial charge < -0.3 is 9.47 Å². The highest BCUT2D eigenvalue weighted by Gasteiger charge is 2.18. The third-order valence-electron chi connectivity index (χ3n) is 1.88. The van der Waals surface area contributed by atoms with E-state index in [4.69, 9.17) is 21.1 Å². The monoisotopic (exact) mass is 426 g/mol. The highest BCUT2D eigenvalue weighted by atomic mass is 127. The van der Waals surface area contributed by atoms with E-state index in [-0.39, 0.29) is 12.2 Å². The van der Waals surface area contributed by atoms with Crippen LogP contribution in [0.3, 0.4) is 0 Å². The third kappa shape index (κ3) is 9.19. The van der Waals surface area contributed by atoms with Crippen LogP contribution in [0.2, 0.25) is 5.02 Å². The molecule has 0 fully saturated rings. The lowest BCUT2D eigenvalue weighted by atomic mass is 10.2. The van der Waals surface area contributed by atoms with Crippen LogP contribution in [0.4, 0.5) is 0 Å². The van der Waals surface area contributed by atoms with Gasteiger partial charge in [-0.3, -0.25) is 0 Å². The predicted octanol–water partition coefficient (Wildman–Crippen LogP) is 5.52. The first-order chi connectivity index (χ1) is 9.65. The first-order valence-corrected chi connectivity index (χ1v) is 8.57. The lowest BCUT2D eigenvalue weighted by Crippen LogP contribution is -2.15. The molecule has 5 heteroatoms. The number of esters is 1. The maximum absolute atomic E-state index is 11.8. The van der Waals surface area contributed by atoms with E-state index < -0.39 is 5.97 Å². The van der Waals surface area contributed by atoms with Crippen LogP contribution in [-0.2, 0) is 4.74 Å². The molecule has 0 radical (unpaired) electrons. The topological polar surface area (TPSA) is 35.5 Å². The number of para-hydroxylation sites is 1. The number of benzene rings is 1. The Bertz CT molecular complexity index is 442. The summed E-state index contributed by atoms with van der Waals surface area (Å²) >= 11 is 8.36. The highest BCUT2D eigenvalue weighted by Crippen LogP contribution is 2.30. The van der Waals surface area contributed by atoms with E-state index in [0.717, 1.165) is 3.92 Å². The number of hydrogen-bond acceptors (Lipinski definition) is 3. The van der Waals surface area contributed by atoms with E-state index >= 15 is 0 Å². The molecule has 0 heterocycles. The van der Waals surface area contributed by atoms with Crippen molar-refractivity contribution in [3.63, 3.8) is 0 Å². The van der Waals surface area contributed by atoms with Crippen LogP contribution < -0.4 is 4.74 Å². The minimum absolute atomic E-state index is 0.0551. The number of hydrogen-bond donors (Lipinski definition) is 0. The molecule has 120 valence electrons. The highest BCUT2D eigenvalue weighted by molar-refractivity contribution is 14.1. The smallest absolute Gasteiger partial charge is 0.342 e. The maximum Gasteiger partial charge on any atom is 0.342 e. The van der Waals surface area contributed by atoms with Gasteiger partial charge in [-0.15, -0.1) is 0 Å². The van der Waals surface area contributed by atoms with Crippen molar-refractivity contribution in [2.45, 2.75) is 57.7 Å². The second-order valence-corrected chi connectivity index (χ2v) is 8.15. The third-order valence-corrected chi connectivity index (χ3v) is 2.18. The van der Waals surface area contributed by atoms with E-state index in [1.165, 1.54) is 0 Å². The van der Waals surface area contributed by atoms with Crippen molar-refractivity contribution < 1.29 is 14.3 Å². The molecule has 0 aliphatic carbocycles. The molecule has 0 atom stereocenters. The zero-order valence-electron chi connectivity index (χ0n) is 13.4. The van der Waals surface area contributed by atoms with E-state index in [2.05, 4.69) is 36.4 Å². The minimum Gasteiger partial charge on any atom is -0.489 e. The molecule has 0 aromatic heterocycles. The molecule has 0 aliphatic heterocycles. The molecule has 1 aromatic rings. The van der Waals surface area contributed by atoms with Crippen LogP contribution in [0.15, 0.2) is 18.2 Å². The standard InChI is InChI=1S/C13H17ClO3.C3H7I/c1-8(2)16-12-10(6-5-7-11(12)14)13(15)17-9(3)4;1-3(2)4/h5-9H,1-4H3;3H,1-2H3. The average Bonchev–Trinajstić information content (AvgIpc) is 2.29. The summed E-state index contributed by atoms with van der Waals surface area (Å²) in [6, 6.07) is 5.03. The molecule has 0 spiro atoms. The molecule has 1 rings (SSSR count). The van der Waals surface area contributed by atoms with Gasteiger partial charge in [0.2, 0.25) is 0 Å². The van der Waals surface area contributed by atoms with Gasteiger partial charge in [-0.1, -0.05) is 54.1 Å². The second-order valence-electron chi connectivity index (χ2n) is 5.25. The number of alkyl halides is 1. The van der Waals surface area contributed by atoms with Gasteiger partial charge in [-0.2, -0.15) is 0 Å². The first-order valence-electron chi connectivity index (χ1n) is 6.95. The summed E-state index contributed by atoms with van der Waals surface area (Å²) in [5.74, 6) is -0.0343.